The lowest BCUT2D eigenvalue weighted by Gasteiger charge is -2.08. The van der Waals surface area contributed by atoms with Gasteiger partial charge >= 0.3 is 0 Å². The lowest BCUT2D eigenvalue weighted by Crippen LogP contribution is -2.18. The maximum Gasteiger partial charge on any atom is 0.263 e. The molecule has 0 unspecified atom stereocenters. The maximum absolute atomic E-state index is 13.3. The predicted molar refractivity (Wildman–Crippen MR) is 74.0 cm³/mol. The molecular weight excluding hydrogens is 259 g/mol. The molecule has 0 saturated heterocycles. The van der Waals surface area contributed by atoms with E-state index in [1.54, 1.807) is 25.2 Å². The summed E-state index contributed by atoms with van der Waals surface area (Å²) in [5.74, 6) is -0.345. The number of benzene rings is 1. The minimum absolute atomic E-state index is 0.181. The van der Waals surface area contributed by atoms with E-state index in [4.69, 9.17) is 4.52 Å². The number of halogens is 1. The molecule has 0 saturated carbocycles. The Morgan fingerprint density at radius 3 is 2.85 bits per heavy atom. The Bertz CT molecular complexity index is 849. The zero-order valence-electron chi connectivity index (χ0n) is 11.2. The number of hydrogen-bond donors (Lipinski definition) is 0. The standard InChI is InChI=1S/C15H13FN2O2/c1-3-11-14-13(20-17-11)8-12(18(2)15(14)19)9-5-4-6-10(16)7-9/h4-8H,3H2,1-2H3. The highest BCUT2D eigenvalue weighted by atomic mass is 19.1. The van der Waals surface area contributed by atoms with Crippen LogP contribution in [0.5, 0.6) is 0 Å². The number of hydrogen-bond acceptors (Lipinski definition) is 3. The molecule has 5 heteroatoms. The number of rotatable bonds is 2. The summed E-state index contributed by atoms with van der Waals surface area (Å²) in [7, 11) is 1.66. The molecule has 0 N–H and O–H groups in total. The summed E-state index contributed by atoms with van der Waals surface area (Å²) >= 11 is 0. The van der Waals surface area contributed by atoms with Crippen LogP contribution in [-0.4, -0.2) is 9.72 Å². The molecule has 2 heterocycles. The zero-order chi connectivity index (χ0) is 14.3. The predicted octanol–water partition coefficient (Wildman–Crippen LogP) is 2.90. The van der Waals surface area contributed by atoms with Crippen LogP contribution in [0.3, 0.4) is 0 Å². The van der Waals surface area contributed by atoms with Crippen molar-refractivity contribution in [2.75, 3.05) is 0 Å². The van der Waals surface area contributed by atoms with Gasteiger partial charge in [-0.15, -0.1) is 0 Å². The smallest absolute Gasteiger partial charge is 0.263 e. The molecule has 0 fully saturated rings. The van der Waals surface area contributed by atoms with E-state index >= 15 is 0 Å². The molecular formula is C15H13FN2O2. The SMILES string of the molecule is CCc1noc2cc(-c3cccc(F)c3)n(C)c(=O)c12. The van der Waals surface area contributed by atoms with E-state index in [2.05, 4.69) is 5.16 Å². The second-order valence-electron chi connectivity index (χ2n) is 4.63. The Kier molecular flexibility index (Phi) is 2.89. The second kappa shape index (κ2) is 4.59. The average molecular weight is 272 g/mol. The van der Waals surface area contributed by atoms with Crippen LogP contribution >= 0.6 is 0 Å². The number of aromatic nitrogens is 2. The van der Waals surface area contributed by atoms with Crippen LogP contribution in [0.15, 0.2) is 39.6 Å². The molecule has 3 aromatic rings. The molecule has 0 amide bonds. The first-order valence-electron chi connectivity index (χ1n) is 6.36. The van der Waals surface area contributed by atoms with Gasteiger partial charge in [0, 0.05) is 18.7 Å². The molecule has 0 aliphatic heterocycles. The number of nitrogens with zero attached hydrogens (tertiary/aromatic N) is 2. The van der Waals surface area contributed by atoms with E-state index in [1.807, 2.05) is 6.92 Å². The third kappa shape index (κ3) is 1.82. The molecule has 0 bridgehead atoms. The Morgan fingerprint density at radius 2 is 2.15 bits per heavy atom. The fourth-order valence-corrected chi connectivity index (χ4v) is 2.33. The average Bonchev–Trinajstić information content (AvgIpc) is 2.86. The van der Waals surface area contributed by atoms with E-state index in [1.165, 1.54) is 16.7 Å². The number of pyridine rings is 1. The van der Waals surface area contributed by atoms with E-state index in [0.717, 1.165) is 0 Å². The Morgan fingerprint density at radius 1 is 1.35 bits per heavy atom. The van der Waals surface area contributed by atoms with Crippen molar-refractivity contribution in [2.24, 2.45) is 7.05 Å². The number of fused-ring (bicyclic) bond motifs is 1. The highest BCUT2D eigenvalue weighted by Crippen LogP contribution is 2.23. The molecule has 0 atom stereocenters. The molecule has 4 nitrogen and oxygen atoms in total. The van der Waals surface area contributed by atoms with Crippen LogP contribution in [0.1, 0.15) is 12.6 Å². The molecule has 0 aliphatic carbocycles. The molecule has 0 aliphatic rings. The first-order valence-corrected chi connectivity index (χ1v) is 6.36. The van der Waals surface area contributed by atoms with Gasteiger partial charge in [0.05, 0.1) is 11.4 Å². The van der Waals surface area contributed by atoms with Gasteiger partial charge in [-0.3, -0.25) is 4.79 Å². The third-order valence-electron chi connectivity index (χ3n) is 3.39. The van der Waals surface area contributed by atoms with Crippen LogP contribution in [0.4, 0.5) is 4.39 Å². The summed E-state index contributed by atoms with van der Waals surface area (Å²) in [4.78, 5) is 12.4. The molecule has 2 aromatic heterocycles. The van der Waals surface area contributed by atoms with E-state index in [0.29, 0.717) is 34.3 Å². The summed E-state index contributed by atoms with van der Waals surface area (Å²) < 4.78 is 20.0. The summed E-state index contributed by atoms with van der Waals surface area (Å²) in [6.45, 7) is 1.91. The normalized spacial score (nSPS) is 11.2. The van der Waals surface area contributed by atoms with Gasteiger partial charge in [0.15, 0.2) is 5.58 Å². The largest absolute Gasteiger partial charge is 0.356 e. The molecule has 20 heavy (non-hydrogen) atoms. The Hall–Kier alpha value is -2.43. The van der Waals surface area contributed by atoms with Crippen molar-refractivity contribution in [1.29, 1.82) is 0 Å². The van der Waals surface area contributed by atoms with Gasteiger partial charge < -0.3 is 9.09 Å². The van der Waals surface area contributed by atoms with E-state index in [9.17, 15) is 9.18 Å². The zero-order valence-corrected chi connectivity index (χ0v) is 11.2. The van der Waals surface area contributed by atoms with Gasteiger partial charge in [0.2, 0.25) is 0 Å². The van der Waals surface area contributed by atoms with Crippen molar-refractivity contribution < 1.29 is 8.91 Å². The van der Waals surface area contributed by atoms with Crippen molar-refractivity contribution in [1.82, 2.24) is 9.72 Å². The maximum atomic E-state index is 13.3. The van der Waals surface area contributed by atoms with Gasteiger partial charge in [-0.05, 0) is 18.6 Å². The van der Waals surface area contributed by atoms with Gasteiger partial charge in [-0.25, -0.2) is 4.39 Å². The molecule has 1 aromatic carbocycles. The second-order valence-corrected chi connectivity index (χ2v) is 4.63. The van der Waals surface area contributed by atoms with Crippen molar-refractivity contribution in [2.45, 2.75) is 13.3 Å². The van der Waals surface area contributed by atoms with E-state index < -0.39 is 0 Å². The monoisotopic (exact) mass is 272 g/mol. The lowest BCUT2D eigenvalue weighted by molar-refractivity contribution is 0.447. The van der Waals surface area contributed by atoms with Crippen LogP contribution in [0.25, 0.3) is 22.2 Å². The topological polar surface area (TPSA) is 48.0 Å². The van der Waals surface area contributed by atoms with Gasteiger partial charge in [-0.1, -0.05) is 24.2 Å². The van der Waals surface area contributed by atoms with Crippen LogP contribution in [0, 0.1) is 5.82 Å². The highest BCUT2D eigenvalue weighted by molar-refractivity contribution is 5.82. The molecule has 0 radical (unpaired) electrons. The number of aryl methyl sites for hydroxylation is 1. The first kappa shape index (κ1) is 12.6. The van der Waals surface area contributed by atoms with Crippen molar-refractivity contribution in [3.63, 3.8) is 0 Å². The summed E-state index contributed by atoms with van der Waals surface area (Å²) in [5.41, 5.74) is 2.12. The van der Waals surface area contributed by atoms with Crippen molar-refractivity contribution in [3.8, 4) is 11.3 Å². The fourth-order valence-electron chi connectivity index (χ4n) is 2.33. The third-order valence-corrected chi connectivity index (χ3v) is 3.39. The van der Waals surface area contributed by atoms with Gasteiger partial charge in [-0.2, -0.15) is 0 Å². The van der Waals surface area contributed by atoms with Crippen LogP contribution < -0.4 is 5.56 Å². The molecule has 3 rings (SSSR count). The Labute approximate surface area is 114 Å². The summed E-state index contributed by atoms with van der Waals surface area (Å²) in [6.07, 6.45) is 0.627. The minimum Gasteiger partial charge on any atom is -0.356 e. The van der Waals surface area contributed by atoms with Crippen molar-refractivity contribution >= 4 is 11.0 Å². The van der Waals surface area contributed by atoms with Crippen LogP contribution in [0.2, 0.25) is 0 Å². The minimum atomic E-state index is -0.345. The van der Waals surface area contributed by atoms with E-state index in [-0.39, 0.29) is 11.4 Å². The summed E-state index contributed by atoms with van der Waals surface area (Å²) in [6, 6.07) is 7.83. The highest BCUT2D eigenvalue weighted by Gasteiger charge is 2.15. The first-order chi connectivity index (χ1) is 9.61. The van der Waals surface area contributed by atoms with Crippen molar-refractivity contribution in [3.05, 3.63) is 52.2 Å². The fraction of sp³-hybridized carbons (Fsp3) is 0.200. The lowest BCUT2D eigenvalue weighted by atomic mass is 10.1. The molecule has 0 spiro atoms. The summed E-state index contributed by atoms with van der Waals surface area (Å²) in [5, 5.41) is 4.40. The van der Waals surface area contributed by atoms with Crippen LogP contribution in [-0.2, 0) is 13.5 Å². The quantitative estimate of drug-likeness (QED) is 0.720. The van der Waals surface area contributed by atoms with Gasteiger partial charge in [0.25, 0.3) is 5.56 Å². The Balaban J connectivity index is 2.33. The molecule has 102 valence electrons. The van der Waals surface area contributed by atoms with Gasteiger partial charge in [0.1, 0.15) is 11.2 Å².